The first-order chi connectivity index (χ1) is 13.5. The average Bonchev–Trinajstić information content (AvgIpc) is 2.69. The van der Waals surface area contributed by atoms with Crippen LogP contribution in [-0.2, 0) is 19.6 Å². The summed E-state index contributed by atoms with van der Waals surface area (Å²) in [7, 11) is -2.53. The molecule has 2 aromatic rings. The van der Waals surface area contributed by atoms with Gasteiger partial charge in [-0.2, -0.15) is 0 Å². The van der Waals surface area contributed by atoms with E-state index >= 15 is 0 Å². The SMILES string of the molecule is CNS(=O)(=O)c1cccc(C(=O)O[C@H](C)C(=O)Nc2cc([N+](=O)[O-])ccc2Cl)c1. The molecule has 154 valence electrons. The van der Waals surface area contributed by atoms with E-state index in [0.29, 0.717) is 0 Å². The van der Waals surface area contributed by atoms with Crippen molar-refractivity contribution in [3.8, 4) is 0 Å². The summed E-state index contributed by atoms with van der Waals surface area (Å²) >= 11 is 5.92. The van der Waals surface area contributed by atoms with Crippen molar-refractivity contribution in [1.29, 1.82) is 0 Å². The number of benzene rings is 2. The highest BCUT2D eigenvalue weighted by Crippen LogP contribution is 2.27. The molecule has 0 spiro atoms. The summed E-state index contributed by atoms with van der Waals surface area (Å²) in [4.78, 5) is 34.6. The van der Waals surface area contributed by atoms with Gasteiger partial charge in [-0.05, 0) is 38.2 Å². The van der Waals surface area contributed by atoms with Crippen LogP contribution in [0.2, 0.25) is 5.02 Å². The van der Waals surface area contributed by atoms with Crippen LogP contribution in [0.4, 0.5) is 11.4 Å². The Kier molecular flexibility index (Phi) is 6.90. The molecule has 0 fully saturated rings. The molecule has 12 heteroatoms. The number of esters is 1. The molecule has 0 bridgehead atoms. The lowest BCUT2D eigenvalue weighted by atomic mass is 10.2. The molecule has 0 aliphatic heterocycles. The molecule has 0 unspecified atom stereocenters. The lowest BCUT2D eigenvalue weighted by Gasteiger charge is -2.14. The number of nitro groups is 1. The van der Waals surface area contributed by atoms with Crippen molar-refractivity contribution >= 4 is 44.9 Å². The quantitative estimate of drug-likeness (QED) is 0.381. The van der Waals surface area contributed by atoms with Gasteiger partial charge in [-0.25, -0.2) is 17.9 Å². The number of sulfonamides is 1. The maximum absolute atomic E-state index is 12.3. The third kappa shape index (κ3) is 5.50. The minimum Gasteiger partial charge on any atom is -0.449 e. The Morgan fingerprint density at radius 3 is 2.52 bits per heavy atom. The van der Waals surface area contributed by atoms with Crippen LogP contribution >= 0.6 is 11.6 Å². The molecule has 2 rings (SSSR count). The molecule has 0 aromatic heterocycles. The number of hydrogen-bond donors (Lipinski definition) is 2. The molecule has 0 saturated heterocycles. The van der Waals surface area contributed by atoms with Crippen LogP contribution in [0.25, 0.3) is 0 Å². The van der Waals surface area contributed by atoms with Crippen molar-refractivity contribution in [2.45, 2.75) is 17.9 Å². The van der Waals surface area contributed by atoms with Crippen molar-refractivity contribution in [2.75, 3.05) is 12.4 Å². The second-order valence-corrected chi connectivity index (χ2v) is 7.99. The summed E-state index contributed by atoms with van der Waals surface area (Å²) in [5.74, 6) is -1.70. The second kappa shape index (κ2) is 8.99. The van der Waals surface area contributed by atoms with Crippen molar-refractivity contribution in [3.05, 3.63) is 63.2 Å². The summed E-state index contributed by atoms with van der Waals surface area (Å²) in [6, 6.07) is 8.58. The van der Waals surface area contributed by atoms with Crippen LogP contribution in [0.5, 0.6) is 0 Å². The summed E-state index contributed by atoms with van der Waals surface area (Å²) in [6.45, 7) is 1.28. The van der Waals surface area contributed by atoms with Crippen LogP contribution < -0.4 is 10.0 Å². The Morgan fingerprint density at radius 2 is 1.90 bits per heavy atom. The Labute approximate surface area is 171 Å². The van der Waals surface area contributed by atoms with E-state index in [1.807, 2.05) is 0 Å². The molecule has 0 saturated carbocycles. The van der Waals surface area contributed by atoms with E-state index in [0.717, 1.165) is 12.1 Å². The number of amides is 1. The predicted octanol–water partition coefficient (Wildman–Crippen LogP) is 2.34. The molecule has 0 aliphatic rings. The molecular weight excluding hydrogens is 426 g/mol. The van der Waals surface area contributed by atoms with Gasteiger partial charge in [0.25, 0.3) is 11.6 Å². The van der Waals surface area contributed by atoms with Gasteiger partial charge < -0.3 is 10.1 Å². The van der Waals surface area contributed by atoms with Gasteiger partial charge in [-0.15, -0.1) is 0 Å². The van der Waals surface area contributed by atoms with Crippen molar-refractivity contribution in [3.63, 3.8) is 0 Å². The second-order valence-electron chi connectivity index (χ2n) is 5.69. The van der Waals surface area contributed by atoms with Crippen LogP contribution in [0.3, 0.4) is 0 Å². The van der Waals surface area contributed by atoms with Crippen LogP contribution in [0.15, 0.2) is 47.4 Å². The molecule has 2 N–H and O–H groups in total. The number of hydrogen-bond acceptors (Lipinski definition) is 7. The van der Waals surface area contributed by atoms with Gasteiger partial charge in [-0.1, -0.05) is 17.7 Å². The molecule has 1 amide bonds. The largest absolute Gasteiger partial charge is 0.449 e. The van der Waals surface area contributed by atoms with E-state index < -0.39 is 32.9 Å². The molecule has 0 aliphatic carbocycles. The molecule has 2 aromatic carbocycles. The standard InChI is InChI=1S/C17H16ClN3O7S/c1-10(16(22)20-15-9-12(21(24)25)6-7-14(15)18)28-17(23)11-4-3-5-13(8-11)29(26,27)19-2/h3-10,19H,1-2H3,(H,20,22)/t10-/m1/s1. The van der Waals surface area contributed by atoms with Gasteiger partial charge >= 0.3 is 5.97 Å². The number of carbonyl (C=O) groups excluding carboxylic acids is 2. The van der Waals surface area contributed by atoms with E-state index in [4.69, 9.17) is 16.3 Å². The highest BCUT2D eigenvalue weighted by Gasteiger charge is 2.22. The lowest BCUT2D eigenvalue weighted by Crippen LogP contribution is -2.30. The van der Waals surface area contributed by atoms with E-state index in [1.165, 1.54) is 44.3 Å². The zero-order chi connectivity index (χ0) is 21.8. The number of carbonyl (C=O) groups is 2. The topological polar surface area (TPSA) is 145 Å². The number of nitrogens with zero attached hydrogens (tertiary/aromatic N) is 1. The maximum Gasteiger partial charge on any atom is 0.338 e. The molecule has 1 atom stereocenters. The highest BCUT2D eigenvalue weighted by molar-refractivity contribution is 7.89. The number of nitro benzene ring substituents is 1. The zero-order valence-electron chi connectivity index (χ0n) is 15.2. The van der Waals surface area contributed by atoms with Crippen molar-refractivity contribution in [1.82, 2.24) is 4.72 Å². The number of nitrogens with one attached hydrogen (secondary N) is 2. The fourth-order valence-electron chi connectivity index (χ4n) is 2.15. The van der Waals surface area contributed by atoms with Gasteiger partial charge in [-0.3, -0.25) is 14.9 Å². The number of ether oxygens (including phenoxy) is 1. The van der Waals surface area contributed by atoms with Crippen LogP contribution in [0.1, 0.15) is 17.3 Å². The van der Waals surface area contributed by atoms with E-state index in [1.54, 1.807) is 0 Å². The number of non-ortho nitro benzene ring substituents is 1. The molecule has 0 radical (unpaired) electrons. The highest BCUT2D eigenvalue weighted by atomic mass is 35.5. The molecular formula is C17H16ClN3O7S. The first-order valence-electron chi connectivity index (χ1n) is 8.04. The molecule has 10 nitrogen and oxygen atoms in total. The minimum absolute atomic E-state index is 0.0177. The molecule has 0 heterocycles. The normalized spacial score (nSPS) is 12.1. The number of halogens is 1. The lowest BCUT2D eigenvalue weighted by molar-refractivity contribution is -0.384. The summed E-state index contributed by atoms with van der Waals surface area (Å²) in [5.41, 5.74) is -0.373. The third-order valence-electron chi connectivity index (χ3n) is 3.72. The first-order valence-corrected chi connectivity index (χ1v) is 9.90. The monoisotopic (exact) mass is 441 g/mol. The van der Waals surface area contributed by atoms with Crippen LogP contribution in [0, 0.1) is 10.1 Å². The van der Waals surface area contributed by atoms with Gasteiger partial charge in [0.05, 0.1) is 26.1 Å². The Hall–Kier alpha value is -3.02. The van der Waals surface area contributed by atoms with Crippen molar-refractivity contribution < 1.29 is 27.7 Å². The zero-order valence-corrected chi connectivity index (χ0v) is 16.8. The molecule has 29 heavy (non-hydrogen) atoms. The Bertz CT molecular complexity index is 1070. The van der Waals surface area contributed by atoms with Gasteiger partial charge in [0, 0.05) is 12.1 Å². The fourth-order valence-corrected chi connectivity index (χ4v) is 3.09. The minimum atomic E-state index is -3.76. The van der Waals surface area contributed by atoms with E-state index in [-0.39, 0.29) is 26.9 Å². The summed E-state index contributed by atoms with van der Waals surface area (Å²) < 4.78 is 30.8. The predicted molar refractivity (Wildman–Crippen MR) is 104 cm³/mol. The van der Waals surface area contributed by atoms with Gasteiger partial charge in [0.1, 0.15) is 0 Å². The van der Waals surface area contributed by atoms with E-state index in [9.17, 15) is 28.1 Å². The number of anilines is 1. The Morgan fingerprint density at radius 1 is 1.21 bits per heavy atom. The maximum atomic E-state index is 12.3. The van der Waals surface area contributed by atoms with Gasteiger partial charge in [0.2, 0.25) is 10.0 Å². The van der Waals surface area contributed by atoms with Gasteiger partial charge in [0.15, 0.2) is 6.10 Å². The number of rotatable bonds is 7. The van der Waals surface area contributed by atoms with Crippen molar-refractivity contribution in [2.24, 2.45) is 0 Å². The third-order valence-corrected chi connectivity index (χ3v) is 5.46. The first kappa shape index (κ1) is 22.3. The fraction of sp³-hybridized carbons (Fsp3) is 0.176. The summed E-state index contributed by atoms with van der Waals surface area (Å²) in [5, 5.41) is 13.3. The van der Waals surface area contributed by atoms with Crippen LogP contribution in [-0.4, -0.2) is 38.4 Å². The average molecular weight is 442 g/mol. The smallest absolute Gasteiger partial charge is 0.338 e. The van der Waals surface area contributed by atoms with E-state index in [2.05, 4.69) is 10.0 Å². The Balaban J connectivity index is 2.12. The summed E-state index contributed by atoms with van der Waals surface area (Å²) in [6.07, 6.45) is -1.29.